The number of carbonyl (C=O) groups excluding carboxylic acids is 1. The molecule has 27 heavy (non-hydrogen) atoms. The summed E-state index contributed by atoms with van der Waals surface area (Å²) < 4.78 is 0. The number of rotatable bonds is 4. The Balaban J connectivity index is 1.58. The van der Waals surface area contributed by atoms with E-state index >= 15 is 0 Å². The Morgan fingerprint density at radius 1 is 1.22 bits per heavy atom. The summed E-state index contributed by atoms with van der Waals surface area (Å²) in [6.45, 7) is 9.74. The Hall–Kier alpha value is -0.320. The molecule has 3 N–H and O–H groups in total. The summed E-state index contributed by atoms with van der Waals surface area (Å²) in [4.78, 5) is 12.6. The van der Waals surface area contributed by atoms with Crippen LogP contribution in [-0.2, 0) is 4.79 Å². The minimum atomic E-state index is -0.733. The Labute approximate surface area is 168 Å². The monoisotopic (exact) mass is 391 g/mol. The molecule has 0 bridgehead atoms. The number of hydrogen-bond acceptors (Lipinski definition) is 4. The highest BCUT2D eigenvalue weighted by atomic mass is 32.2. The van der Waals surface area contributed by atoms with Gasteiger partial charge in [-0.1, -0.05) is 20.4 Å². The third-order valence-corrected chi connectivity index (χ3v) is 10.6. The van der Waals surface area contributed by atoms with Gasteiger partial charge in [-0.25, -0.2) is 0 Å². The number of ketones is 1. The molecule has 152 valence electrons. The molecular weight excluding hydrogens is 354 g/mol. The average molecular weight is 392 g/mol. The van der Waals surface area contributed by atoms with Crippen LogP contribution in [0.25, 0.3) is 0 Å². The van der Waals surface area contributed by atoms with E-state index < -0.39 is 5.60 Å². The molecule has 0 heterocycles. The maximum atomic E-state index is 12.6. The predicted octanol–water partition coefficient (Wildman–Crippen LogP) is 4.33. The third-order valence-electron chi connectivity index (χ3n) is 9.19. The normalized spacial score (nSPS) is 49.5. The van der Waals surface area contributed by atoms with Gasteiger partial charge in [-0.15, -0.1) is 0 Å². The molecule has 4 aliphatic carbocycles. The highest BCUT2D eigenvalue weighted by molar-refractivity contribution is 7.99. The summed E-state index contributed by atoms with van der Waals surface area (Å²) >= 11 is 2.00. The lowest BCUT2D eigenvalue weighted by molar-refractivity contribution is -0.172. The highest BCUT2D eigenvalue weighted by Crippen LogP contribution is 2.68. The minimum absolute atomic E-state index is 0.0785. The predicted molar refractivity (Wildman–Crippen MR) is 113 cm³/mol. The van der Waals surface area contributed by atoms with E-state index in [0.717, 1.165) is 69.2 Å². The first kappa shape index (κ1) is 20.0. The van der Waals surface area contributed by atoms with E-state index in [9.17, 15) is 9.90 Å². The van der Waals surface area contributed by atoms with Gasteiger partial charge in [0.1, 0.15) is 5.78 Å². The van der Waals surface area contributed by atoms with Gasteiger partial charge in [0.25, 0.3) is 0 Å². The zero-order valence-corrected chi connectivity index (χ0v) is 18.0. The van der Waals surface area contributed by atoms with E-state index in [0.29, 0.717) is 28.8 Å². The van der Waals surface area contributed by atoms with Crippen LogP contribution in [0.2, 0.25) is 0 Å². The average Bonchev–Trinajstić information content (AvgIpc) is 2.93. The van der Waals surface area contributed by atoms with Crippen LogP contribution in [0.15, 0.2) is 12.2 Å². The Morgan fingerprint density at radius 2 is 2.00 bits per heavy atom. The Kier molecular flexibility index (Phi) is 5.09. The molecule has 0 saturated heterocycles. The molecule has 4 rings (SSSR count). The van der Waals surface area contributed by atoms with Gasteiger partial charge in [0.2, 0.25) is 0 Å². The van der Waals surface area contributed by atoms with Gasteiger partial charge in [-0.05, 0) is 87.0 Å². The molecule has 0 aromatic rings. The van der Waals surface area contributed by atoms with Gasteiger partial charge in [0, 0.05) is 22.5 Å². The number of fused-ring (bicyclic) bond motifs is 5. The molecule has 4 heteroatoms. The van der Waals surface area contributed by atoms with Gasteiger partial charge in [-0.2, -0.15) is 11.8 Å². The van der Waals surface area contributed by atoms with Crippen LogP contribution >= 0.6 is 11.8 Å². The zero-order valence-electron chi connectivity index (χ0n) is 17.1. The van der Waals surface area contributed by atoms with Crippen LogP contribution in [0.3, 0.4) is 0 Å². The van der Waals surface area contributed by atoms with Crippen molar-refractivity contribution >= 4 is 17.5 Å². The van der Waals surface area contributed by atoms with Crippen LogP contribution in [0, 0.1) is 28.6 Å². The Morgan fingerprint density at radius 3 is 2.74 bits per heavy atom. The Bertz CT molecular complexity index is 636. The van der Waals surface area contributed by atoms with Gasteiger partial charge < -0.3 is 10.8 Å². The fraction of sp³-hybridized carbons (Fsp3) is 0.870. The van der Waals surface area contributed by atoms with Crippen molar-refractivity contribution in [2.24, 2.45) is 34.3 Å². The van der Waals surface area contributed by atoms with E-state index in [4.69, 9.17) is 5.73 Å². The molecule has 4 aliphatic rings. The molecule has 0 radical (unpaired) electrons. The smallest absolute Gasteiger partial charge is 0.139 e. The first-order chi connectivity index (χ1) is 12.8. The SMILES string of the molecule is C=C1C[C@@H]2[C@@H](CC[C@]3(C)C(=O)CC[C@@H]23)[C@@]2(C)CCC(SCCCN)CC12O. The molecule has 0 amide bonds. The standard InChI is InChI=1S/C23H37NO2S/c1-15-13-17-18-5-6-20(25)21(18,2)9-8-19(17)22(3)10-7-16(14-23(15,22)26)27-12-4-11-24/h16-19,26H,1,4-14,24H2,2-3H3/t16?,17-,18-,19+,21-,22+,23?/m0/s1. The van der Waals surface area contributed by atoms with Crippen molar-refractivity contribution in [1.29, 1.82) is 0 Å². The second-order valence-electron chi connectivity index (χ2n) is 10.3. The molecule has 0 spiro atoms. The molecular formula is C23H37NO2S. The fourth-order valence-electron chi connectivity index (χ4n) is 7.44. The van der Waals surface area contributed by atoms with Crippen molar-refractivity contribution < 1.29 is 9.90 Å². The van der Waals surface area contributed by atoms with Crippen LogP contribution in [-0.4, -0.2) is 34.0 Å². The first-order valence-corrected chi connectivity index (χ1v) is 12.1. The second-order valence-corrected chi connectivity index (χ2v) is 11.7. The summed E-state index contributed by atoms with van der Waals surface area (Å²) in [5, 5.41) is 12.5. The summed E-state index contributed by atoms with van der Waals surface area (Å²) in [5.41, 5.74) is 5.79. The fourth-order valence-corrected chi connectivity index (χ4v) is 8.75. The number of carbonyl (C=O) groups is 1. The van der Waals surface area contributed by atoms with E-state index in [1.165, 1.54) is 6.42 Å². The maximum absolute atomic E-state index is 12.6. The largest absolute Gasteiger partial charge is 0.385 e. The highest BCUT2D eigenvalue weighted by Gasteiger charge is 2.65. The third kappa shape index (κ3) is 2.80. The van der Waals surface area contributed by atoms with Crippen molar-refractivity contribution in [2.45, 2.75) is 82.5 Å². The molecule has 2 unspecified atom stereocenters. The first-order valence-electron chi connectivity index (χ1n) is 11.0. The van der Waals surface area contributed by atoms with Crippen molar-refractivity contribution in [3.63, 3.8) is 0 Å². The summed E-state index contributed by atoms with van der Waals surface area (Å²) in [6.07, 6.45) is 9.02. The van der Waals surface area contributed by atoms with Crippen molar-refractivity contribution in [3.05, 3.63) is 12.2 Å². The molecule has 4 fully saturated rings. The van der Waals surface area contributed by atoms with Gasteiger partial charge in [0.05, 0.1) is 5.60 Å². The van der Waals surface area contributed by atoms with Crippen LogP contribution < -0.4 is 5.73 Å². The molecule has 4 saturated carbocycles. The molecule has 0 aromatic heterocycles. The summed E-state index contributed by atoms with van der Waals surface area (Å²) in [5.74, 6) is 3.15. The van der Waals surface area contributed by atoms with Crippen LogP contribution in [0.5, 0.6) is 0 Å². The van der Waals surface area contributed by atoms with Crippen molar-refractivity contribution in [1.82, 2.24) is 0 Å². The minimum Gasteiger partial charge on any atom is -0.385 e. The zero-order chi connectivity index (χ0) is 19.4. The lowest BCUT2D eigenvalue weighted by atomic mass is 9.43. The van der Waals surface area contributed by atoms with Crippen LogP contribution in [0.4, 0.5) is 0 Å². The van der Waals surface area contributed by atoms with Gasteiger partial charge >= 0.3 is 0 Å². The summed E-state index contributed by atoms with van der Waals surface area (Å²) in [6, 6.07) is 0. The van der Waals surface area contributed by atoms with E-state index in [-0.39, 0.29) is 10.8 Å². The lowest BCUT2D eigenvalue weighted by Gasteiger charge is -2.64. The summed E-state index contributed by atoms with van der Waals surface area (Å²) in [7, 11) is 0. The van der Waals surface area contributed by atoms with Crippen molar-refractivity contribution in [2.75, 3.05) is 12.3 Å². The lowest BCUT2D eigenvalue weighted by Crippen LogP contribution is -2.63. The number of nitrogens with two attached hydrogens (primary N) is 1. The number of Topliss-reactive ketones (excluding diaryl/α,β-unsaturated/α-hetero) is 1. The maximum Gasteiger partial charge on any atom is 0.139 e. The molecule has 3 nitrogen and oxygen atoms in total. The van der Waals surface area contributed by atoms with E-state index in [1.54, 1.807) is 0 Å². The number of hydrogen-bond donors (Lipinski definition) is 2. The molecule has 0 aromatic carbocycles. The second kappa shape index (κ2) is 6.88. The quantitative estimate of drug-likeness (QED) is 0.553. The van der Waals surface area contributed by atoms with E-state index in [1.807, 2.05) is 11.8 Å². The van der Waals surface area contributed by atoms with Crippen molar-refractivity contribution in [3.8, 4) is 0 Å². The van der Waals surface area contributed by atoms with E-state index in [2.05, 4.69) is 20.4 Å². The van der Waals surface area contributed by atoms with Gasteiger partial charge in [-0.3, -0.25) is 4.79 Å². The number of aliphatic hydroxyl groups is 1. The topological polar surface area (TPSA) is 63.3 Å². The molecule has 0 aliphatic heterocycles. The van der Waals surface area contributed by atoms with Crippen LogP contribution in [0.1, 0.15) is 71.6 Å². The van der Waals surface area contributed by atoms with Gasteiger partial charge in [0.15, 0.2) is 0 Å². The number of thioether (sulfide) groups is 1. The molecule has 7 atom stereocenters.